The number of benzene rings is 1. The molecule has 1 aromatic carbocycles. The van der Waals surface area contributed by atoms with Crippen molar-refractivity contribution in [3.05, 3.63) is 24.3 Å². The van der Waals surface area contributed by atoms with Gasteiger partial charge in [-0.2, -0.15) is 0 Å². The van der Waals surface area contributed by atoms with E-state index in [2.05, 4.69) is 41.5 Å². The zero-order valence-electron chi connectivity index (χ0n) is 16.2. The summed E-state index contributed by atoms with van der Waals surface area (Å²) in [6.45, 7) is 13.6. The van der Waals surface area contributed by atoms with Crippen molar-refractivity contribution in [2.75, 3.05) is 12.4 Å². The Bertz CT molecular complexity index is 587. The second kappa shape index (κ2) is 8.37. The second-order valence-electron chi connectivity index (χ2n) is 9.01. The second-order valence-corrected chi connectivity index (χ2v) is 11.1. The minimum atomic E-state index is -3.19. The summed E-state index contributed by atoms with van der Waals surface area (Å²) < 4.78 is 30.4. The van der Waals surface area contributed by atoms with Crippen molar-refractivity contribution in [1.82, 2.24) is 0 Å². The monoisotopic (exact) mass is 354 g/mol. The first-order valence-electron chi connectivity index (χ1n) is 8.85. The largest absolute Gasteiger partial charge is 0.493 e. The molecule has 0 bridgehead atoms. The minimum absolute atomic E-state index is 0.0812. The van der Waals surface area contributed by atoms with Crippen LogP contribution in [0.25, 0.3) is 0 Å². The van der Waals surface area contributed by atoms with Gasteiger partial charge in [0.1, 0.15) is 5.75 Å². The molecule has 1 aromatic rings. The molecule has 3 nitrogen and oxygen atoms in total. The van der Waals surface area contributed by atoms with Crippen LogP contribution in [0.2, 0.25) is 0 Å². The van der Waals surface area contributed by atoms with E-state index in [-0.39, 0.29) is 11.2 Å². The maximum Gasteiger partial charge on any atom is 0.178 e. The molecule has 0 saturated heterocycles. The number of unbranched alkanes of at least 4 members (excludes halogenated alkanes) is 2. The molecule has 0 aromatic heterocycles. The van der Waals surface area contributed by atoms with Gasteiger partial charge in [-0.05, 0) is 47.9 Å². The Morgan fingerprint density at radius 1 is 0.833 bits per heavy atom. The van der Waals surface area contributed by atoms with Crippen molar-refractivity contribution >= 4 is 9.84 Å². The summed E-state index contributed by atoms with van der Waals surface area (Å²) >= 11 is 0. The van der Waals surface area contributed by atoms with Gasteiger partial charge in [0, 0.05) is 0 Å². The third kappa shape index (κ3) is 8.72. The molecule has 24 heavy (non-hydrogen) atoms. The molecule has 0 unspecified atom stereocenters. The van der Waals surface area contributed by atoms with Gasteiger partial charge in [-0.25, -0.2) is 8.42 Å². The normalized spacial score (nSPS) is 13.1. The highest BCUT2D eigenvalue weighted by Crippen LogP contribution is 2.23. The van der Waals surface area contributed by atoms with E-state index in [9.17, 15) is 8.42 Å². The predicted molar refractivity (Wildman–Crippen MR) is 101 cm³/mol. The smallest absolute Gasteiger partial charge is 0.178 e. The summed E-state index contributed by atoms with van der Waals surface area (Å²) in [4.78, 5) is 0.390. The van der Waals surface area contributed by atoms with Gasteiger partial charge in [0.2, 0.25) is 0 Å². The average molecular weight is 355 g/mol. The molecule has 1 rings (SSSR count). The first-order chi connectivity index (χ1) is 10.9. The molecule has 0 atom stereocenters. The van der Waals surface area contributed by atoms with Gasteiger partial charge in [-0.3, -0.25) is 0 Å². The highest BCUT2D eigenvalue weighted by Gasteiger charge is 2.16. The summed E-state index contributed by atoms with van der Waals surface area (Å²) in [5.74, 6) is 0.938. The first kappa shape index (κ1) is 21.0. The van der Waals surface area contributed by atoms with Crippen LogP contribution in [0.4, 0.5) is 0 Å². The Morgan fingerprint density at radius 2 is 1.42 bits per heavy atom. The van der Waals surface area contributed by atoms with E-state index >= 15 is 0 Å². The predicted octanol–water partition coefficient (Wildman–Crippen LogP) is 5.49. The van der Waals surface area contributed by atoms with Crippen LogP contribution in [-0.2, 0) is 9.84 Å². The van der Waals surface area contributed by atoms with Crippen molar-refractivity contribution < 1.29 is 13.2 Å². The molecule has 0 amide bonds. The van der Waals surface area contributed by atoms with Crippen LogP contribution < -0.4 is 4.74 Å². The van der Waals surface area contributed by atoms with Crippen molar-refractivity contribution in [2.45, 2.75) is 72.1 Å². The van der Waals surface area contributed by atoms with Crippen LogP contribution in [0, 0.1) is 10.8 Å². The maximum atomic E-state index is 12.4. The van der Waals surface area contributed by atoms with Crippen LogP contribution in [0.15, 0.2) is 29.2 Å². The van der Waals surface area contributed by atoms with Crippen molar-refractivity contribution in [2.24, 2.45) is 10.8 Å². The van der Waals surface area contributed by atoms with E-state index in [0.717, 1.165) is 25.7 Å². The molecule has 0 aliphatic heterocycles. The summed E-state index contributed by atoms with van der Waals surface area (Å²) in [7, 11) is -3.19. The summed E-state index contributed by atoms with van der Waals surface area (Å²) in [6, 6.07) is 6.81. The number of ether oxygens (including phenoxy) is 1. The third-order valence-electron chi connectivity index (χ3n) is 3.69. The molecule has 0 aliphatic carbocycles. The lowest BCUT2D eigenvalue weighted by atomic mass is 9.90. The van der Waals surface area contributed by atoms with Crippen LogP contribution in [-0.4, -0.2) is 20.8 Å². The lowest BCUT2D eigenvalue weighted by Gasteiger charge is -2.19. The fourth-order valence-corrected chi connectivity index (χ4v) is 3.66. The van der Waals surface area contributed by atoms with Gasteiger partial charge in [0.05, 0.1) is 17.3 Å². The SMILES string of the molecule is CC(C)(C)CCCCCS(=O)(=O)c1ccc(OCC(C)(C)C)cc1. The van der Waals surface area contributed by atoms with Crippen LogP contribution >= 0.6 is 0 Å². The topological polar surface area (TPSA) is 43.4 Å². The Balaban J connectivity index is 2.49. The van der Waals surface area contributed by atoms with Gasteiger partial charge in [-0.1, -0.05) is 54.4 Å². The van der Waals surface area contributed by atoms with Crippen molar-refractivity contribution in [3.63, 3.8) is 0 Å². The number of hydrogen-bond donors (Lipinski definition) is 0. The standard InChI is InChI=1S/C20H34O3S/c1-19(2,3)14-8-7-9-15-24(21,22)18-12-10-17(11-13-18)23-16-20(4,5)6/h10-13H,7-9,14-16H2,1-6H3. The molecule has 0 heterocycles. The lowest BCUT2D eigenvalue weighted by Crippen LogP contribution is -2.16. The van der Waals surface area contributed by atoms with Gasteiger partial charge in [-0.15, -0.1) is 0 Å². The van der Waals surface area contributed by atoms with Crippen LogP contribution in [0.1, 0.15) is 67.2 Å². The first-order valence-corrected chi connectivity index (χ1v) is 10.5. The Hall–Kier alpha value is -1.03. The highest BCUT2D eigenvalue weighted by atomic mass is 32.2. The van der Waals surface area contributed by atoms with Crippen molar-refractivity contribution in [3.8, 4) is 5.75 Å². The molecular formula is C20H34O3S. The summed E-state index contributed by atoms with van der Waals surface area (Å²) in [5.41, 5.74) is 0.402. The van der Waals surface area contributed by atoms with Crippen molar-refractivity contribution in [1.29, 1.82) is 0 Å². The van der Waals surface area contributed by atoms with E-state index in [1.54, 1.807) is 24.3 Å². The third-order valence-corrected chi connectivity index (χ3v) is 5.51. The fraction of sp³-hybridized carbons (Fsp3) is 0.700. The van der Waals surface area contributed by atoms with Crippen LogP contribution in [0.3, 0.4) is 0 Å². The summed E-state index contributed by atoms with van der Waals surface area (Å²) in [5, 5.41) is 0. The number of hydrogen-bond acceptors (Lipinski definition) is 3. The maximum absolute atomic E-state index is 12.4. The van der Waals surface area contributed by atoms with E-state index in [1.807, 2.05) is 0 Å². The molecule has 138 valence electrons. The number of sulfone groups is 1. The highest BCUT2D eigenvalue weighted by molar-refractivity contribution is 7.91. The van der Waals surface area contributed by atoms with E-state index in [4.69, 9.17) is 4.74 Å². The van der Waals surface area contributed by atoms with Crippen LogP contribution in [0.5, 0.6) is 5.75 Å². The average Bonchev–Trinajstić information content (AvgIpc) is 2.43. The fourth-order valence-electron chi connectivity index (χ4n) is 2.29. The van der Waals surface area contributed by atoms with E-state index in [0.29, 0.717) is 22.7 Å². The molecule has 0 saturated carbocycles. The minimum Gasteiger partial charge on any atom is -0.493 e. The van der Waals surface area contributed by atoms with Gasteiger partial charge in [0.25, 0.3) is 0 Å². The zero-order valence-corrected chi connectivity index (χ0v) is 17.0. The molecule has 0 radical (unpaired) electrons. The molecular weight excluding hydrogens is 320 g/mol. The molecule has 0 aliphatic rings. The Kier molecular flexibility index (Phi) is 7.33. The molecule has 0 N–H and O–H groups in total. The lowest BCUT2D eigenvalue weighted by molar-refractivity contribution is 0.198. The molecule has 0 fully saturated rings. The Labute approximate surface area is 148 Å². The van der Waals surface area contributed by atoms with E-state index in [1.165, 1.54) is 0 Å². The summed E-state index contributed by atoms with van der Waals surface area (Å²) in [6.07, 6.45) is 3.90. The van der Waals surface area contributed by atoms with Gasteiger partial charge in [0.15, 0.2) is 9.84 Å². The quantitative estimate of drug-likeness (QED) is 0.580. The van der Waals surface area contributed by atoms with E-state index < -0.39 is 9.84 Å². The number of rotatable bonds is 8. The van der Waals surface area contributed by atoms with Gasteiger partial charge >= 0.3 is 0 Å². The molecule has 0 spiro atoms. The molecule has 4 heteroatoms. The Morgan fingerprint density at radius 3 is 1.92 bits per heavy atom. The van der Waals surface area contributed by atoms with Gasteiger partial charge < -0.3 is 4.74 Å². The zero-order chi connectivity index (χ0) is 18.4.